The first kappa shape index (κ1) is 28.5. The Morgan fingerprint density at radius 2 is 1.84 bits per heavy atom. The molecule has 1 saturated heterocycles. The van der Waals surface area contributed by atoms with E-state index in [-0.39, 0.29) is 24.1 Å². The Bertz CT molecular complexity index is 728. The van der Waals surface area contributed by atoms with E-state index in [9.17, 15) is 18.0 Å². The number of ether oxygens (including phenoxy) is 3. The summed E-state index contributed by atoms with van der Waals surface area (Å²) in [6.07, 6.45) is 12.1. The number of hydrogen-bond acceptors (Lipinski definition) is 8. The van der Waals surface area contributed by atoms with Gasteiger partial charge in [-0.25, -0.2) is 0 Å². The zero-order valence-electron chi connectivity index (χ0n) is 19.7. The van der Waals surface area contributed by atoms with Gasteiger partial charge in [-0.15, -0.1) is 0 Å². The molecular formula is C23H38O8S. The normalized spacial score (nSPS) is 24.2. The Labute approximate surface area is 192 Å². The average molecular weight is 475 g/mol. The third-order valence-corrected chi connectivity index (χ3v) is 5.84. The van der Waals surface area contributed by atoms with Gasteiger partial charge >= 0.3 is 5.97 Å². The van der Waals surface area contributed by atoms with E-state index in [1.165, 1.54) is 20.3 Å². The van der Waals surface area contributed by atoms with Crippen LogP contribution in [0.25, 0.3) is 0 Å². The number of allylic oxidation sites excluding steroid dienone is 3. The van der Waals surface area contributed by atoms with Crippen molar-refractivity contribution in [2.75, 3.05) is 20.5 Å². The predicted molar refractivity (Wildman–Crippen MR) is 121 cm³/mol. The minimum atomic E-state index is -3.69. The predicted octanol–water partition coefficient (Wildman–Crippen LogP) is 3.70. The van der Waals surface area contributed by atoms with Crippen LogP contribution in [-0.2, 0) is 38.1 Å². The van der Waals surface area contributed by atoms with E-state index in [4.69, 9.17) is 13.7 Å². The van der Waals surface area contributed by atoms with E-state index >= 15 is 0 Å². The quantitative estimate of drug-likeness (QED) is 0.116. The maximum absolute atomic E-state index is 12.2. The number of ketones is 1. The maximum atomic E-state index is 12.2. The Hall–Kier alpha value is -1.55. The third kappa shape index (κ3) is 11.9. The average Bonchev–Trinajstić information content (AvgIpc) is 2.74. The number of unbranched alkanes of at least 4 members (excludes halogenated alkanes) is 3. The Morgan fingerprint density at radius 3 is 2.47 bits per heavy atom. The molecule has 0 unspecified atom stereocenters. The van der Waals surface area contributed by atoms with E-state index in [1.54, 1.807) is 6.08 Å². The summed E-state index contributed by atoms with van der Waals surface area (Å²) in [7, 11) is -0.841. The smallest absolute Gasteiger partial charge is 0.305 e. The Morgan fingerprint density at radius 1 is 1.09 bits per heavy atom. The highest BCUT2D eigenvalue weighted by Gasteiger charge is 2.39. The molecule has 0 spiro atoms. The van der Waals surface area contributed by atoms with E-state index in [0.29, 0.717) is 32.1 Å². The molecule has 1 rings (SSSR count). The Kier molecular flexibility index (Phi) is 13.6. The van der Waals surface area contributed by atoms with E-state index < -0.39 is 28.6 Å². The lowest BCUT2D eigenvalue weighted by Crippen LogP contribution is -2.45. The van der Waals surface area contributed by atoms with Crippen LogP contribution in [0.3, 0.4) is 0 Å². The first-order valence-electron chi connectivity index (χ1n) is 11.2. The first-order valence-corrected chi connectivity index (χ1v) is 13.0. The first-order chi connectivity index (χ1) is 15.2. The Balaban J connectivity index is 2.88. The van der Waals surface area contributed by atoms with Crippen LogP contribution in [-0.4, -0.2) is 59.1 Å². The maximum Gasteiger partial charge on any atom is 0.305 e. The van der Waals surface area contributed by atoms with Crippen LogP contribution < -0.4 is 0 Å². The van der Waals surface area contributed by atoms with Gasteiger partial charge in [-0.2, -0.15) is 8.42 Å². The SMILES string of the molecule is CCCCCC(=O)/C=C/[C@H]1O[C@@H](OC)C[C@@H](OS(C)(=O)=O)[C@@H]1C/C=C\CCCC(=O)OC. The summed E-state index contributed by atoms with van der Waals surface area (Å²) in [6.45, 7) is 2.08. The van der Waals surface area contributed by atoms with Gasteiger partial charge in [-0.3, -0.25) is 13.8 Å². The van der Waals surface area contributed by atoms with Gasteiger partial charge in [0.1, 0.15) is 0 Å². The fraction of sp³-hybridized carbons (Fsp3) is 0.739. The topological polar surface area (TPSA) is 105 Å². The van der Waals surface area contributed by atoms with Crippen LogP contribution in [0.1, 0.15) is 64.7 Å². The molecule has 0 radical (unpaired) electrons. The van der Waals surface area contributed by atoms with Crippen LogP contribution in [0.2, 0.25) is 0 Å². The fourth-order valence-corrected chi connectivity index (χ4v) is 4.21. The lowest BCUT2D eigenvalue weighted by Gasteiger charge is -2.39. The molecule has 1 heterocycles. The summed E-state index contributed by atoms with van der Waals surface area (Å²) >= 11 is 0. The van der Waals surface area contributed by atoms with Crippen molar-refractivity contribution in [3.05, 3.63) is 24.3 Å². The van der Waals surface area contributed by atoms with E-state index in [2.05, 4.69) is 11.7 Å². The minimum absolute atomic E-state index is 0.0132. The van der Waals surface area contributed by atoms with Crippen molar-refractivity contribution in [1.82, 2.24) is 0 Å². The molecule has 0 aromatic rings. The van der Waals surface area contributed by atoms with Gasteiger partial charge in [-0.1, -0.05) is 38.0 Å². The number of rotatable bonds is 15. The van der Waals surface area contributed by atoms with Crippen LogP contribution in [0.4, 0.5) is 0 Å². The summed E-state index contributed by atoms with van der Waals surface area (Å²) in [5, 5.41) is 0. The molecule has 1 aliphatic heterocycles. The second kappa shape index (κ2) is 15.3. The molecule has 32 heavy (non-hydrogen) atoms. The van der Waals surface area contributed by atoms with Gasteiger partial charge in [0.15, 0.2) is 12.1 Å². The summed E-state index contributed by atoms with van der Waals surface area (Å²) in [4.78, 5) is 23.4. The number of hydrogen-bond donors (Lipinski definition) is 0. The molecular weight excluding hydrogens is 436 g/mol. The molecule has 0 saturated carbocycles. The molecule has 0 aliphatic carbocycles. The van der Waals surface area contributed by atoms with Gasteiger partial charge in [0.25, 0.3) is 10.1 Å². The lowest BCUT2D eigenvalue weighted by atomic mass is 9.87. The molecule has 0 aromatic heterocycles. The van der Waals surface area contributed by atoms with Gasteiger partial charge in [0.2, 0.25) is 0 Å². The highest BCUT2D eigenvalue weighted by Crippen LogP contribution is 2.33. The van der Waals surface area contributed by atoms with E-state index in [0.717, 1.165) is 25.5 Å². The molecule has 1 fully saturated rings. The van der Waals surface area contributed by atoms with Crippen molar-refractivity contribution in [1.29, 1.82) is 0 Å². The zero-order valence-corrected chi connectivity index (χ0v) is 20.5. The van der Waals surface area contributed by atoms with Gasteiger partial charge in [0, 0.05) is 32.3 Å². The largest absolute Gasteiger partial charge is 0.469 e. The van der Waals surface area contributed by atoms with Crippen molar-refractivity contribution in [3.8, 4) is 0 Å². The van der Waals surface area contributed by atoms with Crippen LogP contribution >= 0.6 is 0 Å². The zero-order chi connectivity index (χ0) is 24.0. The number of methoxy groups -OCH3 is 2. The van der Waals surface area contributed by atoms with Crippen molar-refractivity contribution >= 4 is 21.9 Å². The summed E-state index contributed by atoms with van der Waals surface area (Å²) in [6, 6.07) is 0. The second-order valence-corrected chi connectivity index (χ2v) is 9.56. The standard InChI is InChI=1S/C23H38O8S/c1-5-6-9-12-18(24)15-16-20-19(13-10-7-8-11-14-22(25)28-2)21(31-32(4,26)27)17-23(29-3)30-20/h7,10,15-16,19-21,23H,5-6,8-9,11-14,17H2,1-4H3/b10-7-,16-15+/t19-,20-,21-,23-/m1/s1. The monoisotopic (exact) mass is 474 g/mol. The van der Waals surface area contributed by atoms with Crippen LogP contribution in [0, 0.1) is 5.92 Å². The van der Waals surface area contributed by atoms with Gasteiger partial charge < -0.3 is 14.2 Å². The molecule has 0 bridgehead atoms. The van der Waals surface area contributed by atoms with Gasteiger partial charge in [0.05, 0.1) is 25.6 Å². The van der Waals surface area contributed by atoms with Crippen molar-refractivity contribution in [2.24, 2.45) is 5.92 Å². The van der Waals surface area contributed by atoms with E-state index in [1.807, 2.05) is 12.2 Å². The molecule has 9 heteroatoms. The molecule has 8 nitrogen and oxygen atoms in total. The minimum Gasteiger partial charge on any atom is -0.469 e. The van der Waals surface area contributed by atoms with Crippen molar-refractivity contribution in [3.63, 3.8) is 0 Å². The third-order valence-electron chi connectivity index (χ3n) is 5.25. The molecule has 1 aliphatic rings. The number of carbonyl (C=O) groups is 2. The second-order valence-electron chi connectivity index (χ2n) is 7.96. The van der Waals surface area contributed by atoms with Gasteiger partial charge in [-0.05, 0) is 31.8 Å². The highest BCUT2D eigenvalue weighted by molar-refractivity contribution is 7.86. The summed E-state index contributed by atoms with van der Waals surface area (Å²) in [5.41, 5.74) is 0. The molecule has 0 N–H and O–H groups in total. The van der Waals surface area contributed by atoms with Crippen molar-refractivity contribution in [2.45, 2.75) is 83.2 Å². The highest BCUT2D eigenvalue weighted by atomic mass is 32.2. The molecule has 0 aromatic carbocycles. The fourth-order valence-electron chi connectivity index (χ4n) is 3.54. The number of carbonyl (C=O) groups excluding carboxylic acids is 2. The summed E-state index contributed by atoms with van der Waals surface area (Å²) in [5.74, 6) is -0.549. The van der Waals surface area contributed by atoms with Crippen LogP contribution in [0.15, 0.2) is 24.3 Å². The lowest BCUT2D eigenvalue weighted by molar-refractivity contribution is -0.208. The summed E-state index contributed by atoms with van der Waals surface area (Å²) < 4.78 is 44.9. The van der Waals surface area contributed by atoms with Crippen molar-refractivity contribution < 1.29 is 36.4 Å². The van der Waals surface area contributed by atoms with Crippen LogP contribution in [0.5, 0.6) is 0 Å². The molecule has 4 atom stereocenters. The molecule has 0 amide bonds. The number of esters is 1. The molecule has 184 valence electrons.